The molecule has 1 N–H and O–H groups in total. The van der Waals surface area contributed by atoms with E-state index in [0.29, 0.717) is 0 Å². The first-order valence-electron chi connectivity index (χ1n) is 7.19. The van der Waals surface area contributed by atoms with Crippen LogP contribution in [0.4, 0.5) is 4.39 Å². The number of hydrogen-bond acceptors (Lipinski definition) is 1. The monoisotopic (exact) mass is 249 g/mol. The van der Waals surface area contributed by atoms with Gasteiger partial charge in [-0.2, -0.15) is 0 Å². The van der Waals surface area contributed by atoms with E-state index in [4.69, 9.17) is 0 Å². The summed E-state index contributed by atoms with van der Waals surface area (Å²) >= 11 is 0. The number of hydrogen-bond donors (Lipinski definition) is 1. The average Bonchev–Trinajstić information content (AvgIpc) is 2.37. The van der Waals surface area contributed by atoms with Crippen molar-refractivity contribution < 1.29 is 4.39 Å². The maximum Gasteiger partial charge on any atom is 0.123 e. The molecule has 18 heavy (non-hydrogen) atoms. The Morgan fingerprint density at radius 1 is 1.22 bits per heavy atom. The van der Waals surface area contributed by atoms with E-state index in [0.717, 1.165) is 30.5 Å². The van der Waals surface area contributed by atoms with Crippen LogP contribution in [-0.2, 0) is 6.54 Å². The van der Waals surface area contributed by atoms with Gasteiger partial charge in [-0.25, -0.2) is 4.39 Å². The Labute approximate surface area is 110 Å². The van der Waals surface area contributed by atoms with Crippen molar-refractivity contribution in [3.05, 3.63) is 35.6 Å². The molecule has 1 aliphatic carbocycles. The molecule has 0 bridgehead atoms. The van der Waals surface area contributed by atoms with E-state index in [9.17, 15) is 4.39 Å². The zero-order valence-corrected chi connectivity index (χ0v) is 11.3. The summed E-state index contributed by atoms with van der Waals surface area (Å²) in [6.45, 7) is 4.19. The molecule has 0 saturated heterocycles. The maximum absolute atomic E-state index is 13.0. The molecule has 1 fully saturated rings. The Morgan fingerprint density at radius 2 is 2.00 bits per heavy atom. The van der Waals surface area contributed by atoms with Crippen molar-refractivity contribution >= 4 is 0 Å². The molecule has 0 heterocycles. The van der Waals surface area contributed by atoms with Crippen LogP contribution in [0, 0.1) is 17.7 Å². The molecule has 0 aliphatic heterocycles. The first-order valence-corrected chi connectivity index (χ1v) is 7.19. The summed E-state index contributed by atoms with van der Waals surface area (Å²) in [7, 11) is 0. The zero-order valence-electron chi connectivity index (χ0n) is 11.3. The first-order chi connectivity index (χ1) is 8.74. The summed E-state index contributed by atoms with van der Waals surface area (Å²) < 4.78 is 13.0. The van der Waals surface area contributed by atoms with Crippen LogP contribution in [0.25, 0.3) is 0 Å². The second-order valence-electron chi connectivity index (χ2n) is 5.72. The van der Waals surface area contributed by atoms with Crippen LogP contribution in [0.5, 0.6) is 0 Å². The quantitative estimate of drug-likeness (QED) is 0.774. The molecule has 1 aromatic carbocycles. The molecule has 1 nitrogen and oxygen atoms in total. The van der Waals surface area contributed by atoms with E-state index in [2.05, 4.69) is 12.2 Å². The highest BCUT2D eigenvalue weighted by Crippen LogP contribution is 2.29. The van der Waals surface area contributed by atoms with Crippen molar-refractivity contribution in [1.82, 2.24) is 5.32 Å². The third-order valence-corrected chi connectivity index (χ3v) is 4.08. The normalized spacial score (nSPS) is 24.1. The van der Waals surface area contributed by atoms with Crippen LogP contribution in [0.1, 0.15) is 44.6 Å². The van der Waals surface area contributed by atoms with E-state index in [1.54, 1.807) is 12.1 Å². The van der Waals surface area contributed by atoms with Gasteiger partial charge in [0.25, 0.3) is 0 Å². The summed E-state index contributed by atoms with van der Waals surface area (Å²) in [6.07, 6.45) is 6.84. The van der Waals surface area contributed by atoms with Gasteiger partial charge in [0.05, 0.1) is 0 Å². The Bertz CT molecular complexity index is 356. The molecule has 0 radical (unpaired) electrons. The molecule has 0 aromatic heterocycles. The highest BCUT2D eigenvalue weighted by Gasteiger charge is 2.17. The molecule has 1 saturated carbocycles. The maximum atomic E-state index is 13.0. The molecule has 0 unspecified atom stereocenters. The van der Waals surface area contributed by atoms with E-state index in [1.165, 1.54) is 38.2 Å². The number of nitrogens with one attached hydrogen (secondary N) is 1. The molecule has 100 valence electrons. The number of halogens is 1. The van der Waals surface area contributed by atoms with Gasteiger partial charge in [-0.1, -0.05) is 44.7 Å². The molecule has 0 amide bonds. The second kappa shape index (κ2) is 6.89. The van der Waals surface area contributed by atoms with Gasteiger partial charge >= 0.3 is 0 Å². The zero-order chi connectivity index (χ0) is 12.8. The third-order valence-electron chi connectivity index (χ3n) is 4.08. The summed E-state index contributed by atoms with van der Waals surface area (Å²) in [4.78, 5) is 0. The topological polar surface area (TPSA) is 12.0 Å². The number of rotatable bonds is 5. The fourth-order valence-corrected chi connectivity index (χ4v) is 2.80. The second-order valence-corrected chi connectivity index (χ2v) is 5.72. The van der Waals surface area contributed by atoms with E-state index < -0.39 is 0 Å². The highest BCUT2D eigenvalue weighted by atomic mass is 19.1. The summed E-state index contributed by atoms with van der Waals surface area (Å²) in [5.74, 6) is 1.69. The van der Waals surface area contributed by atoms with Crippen LogP contribution < -0.4 is 5.32 Å². The SMILES string of the molecule is CC1CCC(CCNCc2cccc(F)c2)CC1. The van der Waals surface area contributed by atoms with E-state index in [-0.39, 0.29) is 5.82 Å². The molecular weight excluding hydrogens is 225 g/mol. The predicted molar refractivity (Wildman–Crippen MR) is 73.8 cm³/mol. The van der Waals surface area contributed by atoms with Crippen LogP contribution in [0.15, 0.2) is 24.3 Å². The fraction of sp³-hybridized carbons (Fsp3) is 0.625. The van der Waals surface area contributed by atoms with E-state index in [1.807, 2.05) is 6.07 Å². The van der Waals surface area contributed by atoms with Crippen molar-refractivity contribution in [2.24, 2.45) is 11.8 Å². The largest absolute Gasteiger partial charge is 0.313 e. The Balaban J connectivity index is 1.61. The molecule has 2 heteroatoms. The minimum atomic E-state index is -0.143. The lowest BCUT2D eigenvalue weighted by molar-refractivity contribution is 0.275. The predicted octanol–water partition coefficient (Wildman–Crippen LogP) is 4.13. The van der Waals surface area contributed by atoms with Gasteiger partial charge in [-0.15, -0.1) is 0 Å². The summed E-state index contributed by atoms with van der Waals surface area (Å²) in [5.41, 5.74) is 1.03. The molecule has 1 aromatic rings. The fourth-order valence-electron chi connectivity index (χ4n) is 2.80. The molecule has 2 rings (SSSR count). The first kappa shape index (κ1) is 13.5. The van der Waals surface area contributed by atoms with Crippen molar-refractivity contribution in [3.8, 4) is 0 Å². The average molecular weight is 249 g/mol. The van der Waals surface area contributed by atoms with Gasteiger partial charge in [0.15, 0.2) is 0 Å². The third kappa shape index (κ3) is 4.41. The lowest BCUT2D eigenvalue weighted by Gasteiger charge is -2.26. The highest BCUT2D eigenvalue weighted by molar-refractivity contribution is 5.15. The van der Waals surface area contributed by atoms with Crippen LogP contribution in [0.2, 0.25) is 0 Å². The standard InChI is InChI=1S/C16H24FN/c1-13-5-7-14(8-6-13)9-10-18-12-15-3-2-4-16(17)11-15/h2-4,11,13-14,18H,5-10,12H2,1H3. The van der Waals surface area contributed by atoms with Crippen molar-refractivity contribution in [2.45, 2.75) is 45.6 Å². The molecular formula is C16H24FN. The molecule has 0 spiro atoms. The van der Waals surface area contributed by atoms with Gasteiger partial charge in [0.1, 0.15) is 5.82 Å². The van der Waals surface area contributed by atoms with Crippen molar-refractivity contribution in [2.75, 3.05) is 6.54 Å². The van der Waals surface area contributed by atoms with Gasteiger partial charge in [-0.3, -0.25) is 0 Å². The summed E-state index contributed by atoms with van der Waals surface area (Å²) in [5, 5.41) is 3.42. The van der Waals surface area contributed by atoms with Crippen LogP contribution in [-0.4, -0.2) is 6.54 Å². The van der Waals surface area contributed by atoms with Gasteiger partial charge in [-0.05, 0) is 42.5 Å². The van der Waals surface area contributed by atoms with Crippen molar-refractivity contribution in [1.29, 1.82) is 0 Å². The lowest BCUT2D eigenvalue weighted by Crippen LogP contribution is -2.20. The van der Waals surface area contributed by atoms with E-state index >= 15 is 0 Å². The molecule has 0 atom stereocenters. The Kier molecular flexibility index (Phi) is 5.18. The molecule has 1 aliphatic rings. The van der Waals surface area contributed by atoms with Gasteiger partial charge in [0, 0.05) is 6.54 Å². The Morgan fingerprint density at radius 3 is 2.72 bits per heavy atom. The lowest BCUT2D eigenvalue weighted by atomic mass is 9.81. The summed E-state index contributed by atoms with van der Waals surface area (Å²) in [6, 6.07) is 6.84. The number of benzene rings is 1. The van der Waals surface area contributed by atoms with Gasteiger partial charge < -0.3 is 5.32 Å². The van der Waals surface area contributed by atoms with Gasteiger partial charge in [0.2, 0.25) is 0 Å². The smallest absolute Gasteiger partial charge is 0.123 e. The minimum Gasteiger partial charge on any atom is -0.313 e. The van der Waals surface area contributed by atoms with Crippen molar-refractivity contribution in [3.63, 3.8) is 0 Å². The van der Waals surface area contributed by atoms with Crippen LogP contribution >= 0.6 is 0 Å². The minimum absolute atomic E-state index is 0.143. The van der Waals surface area contributed by atoms with Crippen LogP contribution in [0.3, 0.4) is 0 Å². The Hall–Kier alpha value is -0.890.